The van der Waals surface area contributed by atoms with Crippen LogP contribution < -0.4 is 4.57 Å². The van der Waals surface area contributed by atoms with Gasteiger partial charge in [-0.25, -0.2) is 13.0 Å². The molecule has 92 valence electrons. The largest absolute Gasteiger partial charge is 0.744 e. The maximum Gasteiger partial charge on any atom is 0.241 e. The summed E-state index contributed by atoms with van der Waals surface area (Å²) in [5.41, 5.74) is 0.928. The normalized spacial score (nSPS) is 10.5. The molecule has 0 radical (unpaired) electrons. The Balaban J connectivity index is 0.000000202. The first kappa shape index (κ1) is 13.4. The van der Waals surface area contributed by atoms with Gasteiger partial charge in [-0.15, -0.1) is 0 Å². The molecule has 0 aliphatic carbocycles. The lowest BCUT2D eigenvalue weighted by molar-refractivity contribution is -0.670. The van der Waals surface area contributed by atoms with E-state index in [1.54, 1.807) is 12.1 Å². The summed E-state index contributed by atoms with van der Waals surface area (Å²) in [6, 6.07) is 5.78. The predicted molar refractivity (Wildman–Crippen MR) is 61.1 cm³/mol. The van der Waals surface area contributed by atoms with Gasteiger partial charge >= 0.3 is 0 Å². The third-order valence-corrected chi connectivity index (χ3v) is 2.84. The average molecular weight is 254 g/mol. The number of hydrogen-bond acceptors (Lipinski definition) is 3. The molecule has 2 rings (SSSR count). The lowest BCUT2D eigenvalue weighted by Gasteiger charge is -2.05. The lowest BCUT2D eigenvalue weighted by atomic mass is 10.2. The van der Waals surface area contributed by atoms with Crippen molar-refractivity contribution in [3.05, 3.63) is 48.5 Å². The van der Waals surface area contributed by atoms with Crippen LogP contribution in [-0.4, -0.2) is 18.0 Å². The number of aromatic amines is 1. The third kappa shape index (κ3) is 4.80. The van der Waals surface area contributed by atoms with Gasteiger partial charge in [-0.1, -0.05) is 17.7 Å². The fourth-order valence-corrected chi connectivity index (χ4v) is 1.54. The molecular formula is C11H14N2O3S. The van der Waals surface area contributed by atoms with Crippen LogP contribution in [-0.2, 0) is 17.2 Å². The number of nitrogens with zero attached hydrogens (tertiary/aromatic N) is 1. The van der Waals surface area contributed by atoms with Crippen molar-refractivity contribution >= 4 is 10.1 Å². The number of imidazole rings is 1. The molecular weight excluding hydrogens is 240 g/mol. The molecule has 1 N–H and O–H groups in total. The van der Waals surface area contributed by atoms with E-state index in [0.717, 1.165) is 5.56 Å². The number of aryl methyl sites for hydroxylation is 2. The number of benzene rings is 1. The monoisotopic (exact) mass is 254 g/mol. The fraction of sp³-hybridized carbons (Fsp3) is 0.182. The minimum Gasteiger partial charge on any atom is -0.744 e. The highest BCUT2D eigenvalue weighted by molar-refractivity contribution is 7.85. The molecule has 0 aliphatic heterocycles. The Labute approximate surface area is 100 Å². The molecule has 5 nitrogen and oxygen atoms in total. The van der Waals surface area contributed by atoms with Crippen LogP contribution in [0.1, 0.15) is 5.56 Å². The van der Waals surface area contributed by atoms with Crippen LogP contribution in [0.25, 0.3) is 0 Å². The van der Waals surface area contributed by atoms with Crippen LogP contribution in [0, 0.1) is 6.92 Å². The minimum atomic E-state index is -4.27. The molecule has 1 aromatic carbocycles. The molecule has 2 aromatic rings. The Hall–Kier alpha value is -1.66. The van der Waals surface area contributed by atoms with E-state index < -0.39 is 10.1 Å². The van der Waals surface area contributed by atoms with E-state index >= 15 is 0 Å². The Morgan fingerprint density at radius 2 is 1.82 bits per heavy atom. The second-order valence-electron chi connectivity index (χ2n) is 3.54. The van der Waals surface area contributed by atoms with Gasteiger partial charge in [0.05, 0.1) is 11.9 Å². The summed E-state index contributed by atoms with van der Waals surface area (Å²) in [7, 11) is -2.30. The van der Waals surface area contributed by atoms with E-state index in [2.05, 4.69) is 4.98 Å². The van der Waals surface area contributed by atoms with Gasteiger partial charge in [0, 0.05) is 0 Å². The van der Waals surface area contributed by atoms with Gasteiger partial charge in [0.1, 0.15) is 22.5 Å². The molecule has 0 aliphatic rings. The number of rotatable bonds is 1. The SMILES string of the molecule is C[n+]1cc[nH]c1.Cc1ccc(S(=O)(=O)[O-])cc1. The van der Waals surface area contributed by atoms with Gasteiger partial charge in [-0.2, -0.15) is 0 Å². The molecule has 0 unspecified atom stereocenters. The van der Waals surface area contributed by atoms with Gasteiger partial charge in [0.25, 0.3) is 0 Å². The molecule has 0 saturated carbocycles. The molecule has 0 amide bonds. The predicted octanol–water partition coefficient (Wildman–Crippen LogP) is 0.738. The highest BCUT2D eigenvalue weighted by Crippen LogP contribution is 2.08. The molecule has 1 heterocycles. The summed E-state index contributed by atoms with van der Waals surface area (Å²) in [6.45, 7) is 1.82. The van der Waals surface area contributed by atoms with Gasteiger partial charge in [-0.05, 0) is 19.1 Å². The molecule has 6 heteroatoms. The Bertz CT molecular complexity index is 545. The minimum absolute atomic E-state index is 0.178. The number of hydrogen-bond donors (Lipinski definition) is 1. The van der Waals surface area contributed by atoms with Crippen LogP contribution in [0.3, 0.4) is 0 Å². The number of nitrogens with one attached hydrogen (secondary N) is 1. The van der Waals surface area contributed by atoms with Crippen molar-refractivity contribution in [2.45, 2.75) is 11.8 Å². The van der Waals surface area contributed by atoms with Crippen molar-refractivity contribution in [2.24, 2.45) is 7.05 Å². The first-order valence-electron chi connectivity index (χ1n) is 4.90. The van der Waals surface area contributed by atoms with Crippen molar-refractivity contribution in [3.8, 4) is 0 Å². The molecule has 17 heavy (non-hydrogen) atoms. The Kier molecular flexibility index (Phi) is 4.42. The molecule has 1 aromatic heterocycles. The van der Waals surface area contributed by atoms with Gasteiger partial charge in [0.2, 0.25) is 6.33 Å². The van der Waals surface area contributed by atoms with Crippen LogP contribution >= 0.6 is 0 Å². The highest BCUT2D eigenvalue weighted by atomic mass is 32.2. The lowest BCUT2D eigenvalue weighted by Crippen LogP contribution is -2.22. The maximum absolute atomic E-state index is 10.4. The second-order valence-corrected chi connectivity index (χ2v) is 4.92. The van der Waals surface area contributed by atoms with Crippen molar-refractivity contribution < 1.29 is 17.5 Å². The zero-order valence-electron chi connectivity index (χ0n) is 9.62. The summed E-state index contributed by atoms with van der Waals surface area (Å²) in [5, 5.41) is 0. The topological polar surface area (TPSA) is 76.9 Å². The quantitative estimate of drug-likeness (QED) is 0.602. The van der Waals surface area contributed by atoms with E-state index in [1.165, 1.54) is 12.1 Å². The Morgan fingerprint density at radius 1 is 1.24 bits per heavy atom. The summed E-state index contributed by atoms with van der Waals surface area (Å²) in [4.78, 5) is 2.71. The van der Waals surface area contributed by atoms with Crippen LogP contribution in [0.15, 0.2) is 47.9 Å². The van der Waals surface area contributed by atoms with E-state index in [1.807, 2.05) is 37.3 Å². The molecule has 0 fully saturated rings. The van der Waals surface area contributed by atoms with Crippen LogP contribution in [0.4, 0.5) is 0 Å². The van der Waals surface area contributed by atoms with Gasteiger partial charge in [-0.3, -0.25) is 4.98 Å². The Morgan fingerprint density at radius 3 is 2.12 bits per heavy atom. The molecule has 0 bridgehead atoms. The number of aromatic nitrogens is 2. The maximum atomic E-state index is 10.4. The third-order valence-electron chi connectivity index (χ3n) is 1.99. The molecule has 0 atom stereocenters. The fourth-order valence-electron chi connectivity index (χ4n) is 1.07. The smallest absolute Gasteiger partial charge is 0.241 e. The van der Waals surface area contributed by atoms with E-state index in [0.29, 0.717) is 0 Å². The highest BCUT2D eigenvalue weighted by Gasteiger charge is 1.97. The molecule has 0 spiro atoms. The summed E-state index contributed by atoms with van der Waals surface area (Å²) >= 11 is 0. The summed E-state index contributed by atoms with van der Waals surface area (Å²) in [6.07, 6.45) is 5.69. The first-order chi connectivity index (χ1) is 7.89. The first-order valence-corrected chi connectivity index (χ1v) is 6.31. The van der Waals surface area contributed by atoms with Gasteiger partial charge < -0.3 is 4.55 Å². The zero-order valence-corrected chi connectivity index (χ0v) is 10.4. The average Bonchev–Trinajstić information content (AvgIpc) is 2.69. The zero-order chi connectivity index (χ0) is 12.9. The van der Waals surface area contributed by atoms with E-state index in [4.69, 9.17) is 0 Å². The van der Waals surface area contributed by atoms with Crippen LogP contribution in [0.5, 0.6) is 0 Å². The summed E-state index contributed by atoms with van der Waals surface area (Å²) in [5.74, 6) is 0. The second kappa shape index (κ2) is 5.60. The van der Waals surface area contributed by atoms with Crippen molar-refractivity contribution in [2.75, 3.05) is 0 Å². The molecule has 0 saturated heterocycles. The van der Waals surface area contributed by atoms with E-state index in [9.17, 15) is 13.0 Å². The van der Waals surface area contributed by atoms with E-state index in [-0.39, 0.29) is 4.90 Å². The number of H-pyrrole nitrogens is 1. The standard InChI is InChI=1S/C7H8O3S.C4H6N2/c1-6-2-4-7(5-3-6)11(8,9)10;1-6-3-2-5-4-6/h2-5H,1H3,(H,8,9,10);2-4H,1H3. The van der Waals surface area contributed by atoms with Crippen molar-refractivity contribution in [1.82, 2.24) is 4.98 Å². The van der Waals surface area contributed by atoms with Crippen molar-refractivity contribution in [1.29, 1.82) is 0 Å². The van der Waals surface area contributed by atoms with Crippen molar-refractivity contribution in [3.63, 3.8) is 0 Å². The summed E-state index contributed by atoms with van der Waals surface area (Å²) < 4.78 is 33.1. The van der Waals surface area contributed by atoms with Gasteiger partial charge in [0.15, 0.2) is 0 Å². The van der Waals surface area contributed by atoms with Crippen LogP contribution in [0.2, 0.25) is 0 Å².